The van der Waals surface area contributed by atoms with Crippen molar-refractivity contribution in [3.63, 3.8) is 0 Å². The molecule has 0 N–H and O–H groups in total. The first kappa shape index (κ1) is 14.0. The van der Waals surface area contributed by atoms with Gasteiger partial charge in [0.05, 0.1) is 23.1 Å². The van der Waals surface area contributed by atoms with Crippen LogP contribution in [-0.4, -0.2) is 18.9 Å². The molecule has 0 aromatic carbocycles. The van der Waals surface area contributed by atoms with Gasteiger partial charge in [0.25, 0.3) is 0 Å². The van der Waals surface area contributed by atoms with Gasteiger partial charge in [-0.25, -0.2) is 0 Å². The Morgan fingerprint density at radius 1 is 1.29 bits per heavy atom. The Kier molecular flexibility index (Phi) is 3.90. The fourth-order valence-corrected chi connectivity index (χ4v) is 3.76. The summed E-state index contributed by atoms with van der Waals surface area (Å²) >= 11 is 3.00. The van der Waals surface area contributed by atoms with Gasteiger partial charge in [-0.1, -0.05) is 0 Å². The van der Waals surface area contributed by atoms with Gasteiger partial charge in [0.2, 0.25) is 0 Å². The first-order valence-electron chi connectivity index (χ1n) is 6.32. The van der Waals surface area contributed by atoms with Crippen LogP contribution in [-0.2, 0) is 9.53 Å². The van der Waals surface area contributed by atoms with E-state index in [4.69, 9.17) is 4.42 Å². The SMILES string of the molecule is COC(=O)CCC(=O)c1cc(-c2coc3ccsc23)cs1. The number of fused-ring (bicyclic) bond motifs is 1. The van der Waals surface area contributed by atoms with Crippen molar-refractivity contribution in [1.82, 2.24) is 0 Å². The molecule has 0 saturated carbocycles. The second kappa shape index (κ2) is 5.83. The Bertz CT molecular complexity index is 793. The Hall–Kier alpha value is -1.92. The van der Waals surface area contributed by atoms with E-state index >= 15 is 0 Å². The van der Waals surface area contributed by atoms with Crippen molar-refractivity contribution in [2.45, 2.75) is 12.8 Å². The smallest absolute Gasteiger partial charge is 0.305 e. The summed E-state index contributed by atoms with van der Waals surface area (Å²) in [6.07, 6.45) is 2.00. The number of rotatable bonds is 5. The molecule has 0 atom stereocenters. The molecule has 0 aliphatic heterocycles. The molecule has 108 valence electrons. The van der Waals surface area contributed by atoms with Crippen LogP contribution in [0.4, 0.5) is 0 Å². The normalized spacial score (nSPS) is 10.9. The average Bonchev–Trinajstić information content (AvgIpc) is 3.18. The minimum atomic E-state index is -0.366. The summed E-state index contributed by atoms with van der Waals surface area (Å²) in [6, 6.07) is 3.78. The van der Waals surface area contributed by atoms with E-state index in [9.17, 15) is 9.59 Å². The van der Waals surface area contributed by atoms with Crippen LogP contribution in [0.3, 0.4) is 0 Å². The van der Waals surface area contributed by atoms with Gasteiger partial charge in [0.15, 0.2) is 5.78 Å². The van der Waals surface area contributed by atoms with Crippen molar-refractivity contribution in [2.75, 3.05) is 7.11 Å². The van der Waals surface area contributed by atoms with Crippen LogP contribution in [0.5, 0.6) is 0 Å². The summed E-state index contributed by atoms with van der Waals surface area (Å²) in [7, 11) is 1.32. The molecule has 0 radical (unpaired) electrons. The van der Waals surface area contributed by atoms with Gasteiger partial charge in [0, 0.05) is 12.0 Å². The zero-order valence-electron chi connectivity index (χ0n) is 11.3. The molecule has 3 aromatic rings. The zero-order valence-corrected chi connectivity index (χ0v) is 12.9. The second-order valence-corrected chi connectivity index (χ2v) is 6.29. The van der Waals surface area contributed by atoms with Gasteiger partial charge >= 0.3 is 5.97 Å². The van der Waals surface area contributed by atoms with Crippen LogP contribution >= 0.6 is 22.7 Å². The minimum absolute atomic E-state index is 0.0393. The topological polar surface area (TPSA) is 56.5 Å². The van der Waals surface area contributed by atoms with E-state index in [2.05, 4.69) is 4.74 Å². The first-order chi connectivity index (χ1) is 10.2. The zero-order chi connectivity index (χ0) is 14.8. The lowest BCUT2D eigenvalue weighted by molar-refractivity contribution is -0.140. The van der Waals surface area contributed by atoms with Gasteiger partial charge in [0.1, 0.15) is 11.8 Å². The van der Waals surface area contributed by atoms with Crippen molar-refractivity contribution >= 4 is 44.7 Å². The molecule has 0 unspecified atom stereocenters. The summed E-state index contributed by atoms with van der Waals surface area (Å²) in [4.78, 5) is 23.8. The van der Waals surface area contributed by atoms with Crippen LogP contribution in [0, 0.1) is 0 Å². The summed E-state index contributed by atoms with van der Waals surface area (Å²) in [6.45, 7) is 0. The molecule has 21 heavy (non-hydrogen) atoms. The highest BCUT2D eigenvalue weighted by molar-refractivity contribution is 7.17. The Balaban J connectivity index is 1.79. The van der Waals surface area contributed by atoms with Crippen molar-refractivity contribution in [3.8, 4) is 11.1 Å². The minimum Gasteiger partial charge on any atom is -0.469 e. The first-order valence-corrected chi connectivity index (χ1v) is 8.08. The maximum Gasteiger partial charge on any atom is 0.305 e. The monoisotopic (exact) mass is 320 g/mol. The molecular weight excluding hydrogens is 308 g/mol. The van der Waals surface area contributed by atoms with Crippen molar-refractivity contribution in [3.05, 3.63) is 34.0 Å². The number of carbonyl (C=O) groups excluding carboxylic acids is 2. The third-order valence-corrected chi connectivity index (χ3v) is 5.05. The van der Waals surface area contributed by atoms with Crippen LogP contribution < -0.4 is 0 Å². The van der Waals surface area contributed by atoms with Crippen LogP contribution in [0.2, 0.25) is 0 Å². The number of hydrogen-bond donors (Lipinski definition) is 0. The number of Topliss-reactive ketones (excluding diaryl/α,β-unsaturated/α-hetero) is 1. The molecule has 0 saturated heterocycles. The standard InChI is InChI=1S/C15H12O4S2/c1-18-14(17)3-2-11(16)13-6-9(8-21-13)10-7-19-12-4-5-20-15(10)12/h4-8H,2-3H2,1H3. The third-order valence-electron chi connectivity index (χ3n) is 3.15. The van der Waals surface area contributed by atoms with E-state index in [0.29, 0.717) is 4.88 Å². The van der Waals surface area contributed by atoms with Crippen molar-refractivity contribution in [2.24, 2.45) is 0 Å². The van der Waals surface area contributed by atoms with Gasteiger partial charge < -0.3 is 9.15 Å². The average molecular weight is 320 g/mol. The maximum atomic E-state index is 12.0. The predicted molar refractivity (Wildman–Crippen MR) is 83.0 cm³/mol. The molecule has 4 nitrogen and oxygen atoms in total. The lowest BCUT2D eigenvalue weighted by Gasteiger charge is -1.97. The maximum absolute atomic E-state index is 12.0. The highest BCUT2D eigenvalue weighted by atomic mass is 32.1. The number of ether oxygens (including phenoxy) is 1. The summed E-state index contributed by atoms with van der Waals surface area (Å²) in [5.74, 6) is -0.405. The molecule has 3 aromatic heterocycles. The van der Waals surface area contributed by atoms with E-state index in [-0.39, 0.29) is 24.6 Å². The lowest BCUT2D eigenvalue weighted by atomic mass is 10.1. The van der Waals surface area contributed by atoms with Gasteiger partial charge in [-0.15, -0.1) is 22.7 Å². The molecule has 3 heterocycles. The van der Waals surface area contributed by atoms with Crippen molar-refractivity contribution < 1.29 is 18.7 Å². The largest absolute Gasteiger partial charge is 0.469 e. The Labute approximate surface area is 129 Å². The number of thiophene rings is 2. The predicted octanol–water partition coefficient (Wildman–Crippen LogP) is 4.36. The number of methoxy groups -OCH3 is 1. The van der Waals surface area contributed by atoms with Crippen LogP contribution in [0.15, 0.2) is 33.6 Å². The van der Waals surface area contributed by atoms with E-state index in [1.807, 2.05) is 22.9 Å². The van der Waals surface area contributed by atoms with Crippen LogP contribution in [0.1, 0.15) is 22.5 Å². The van der Waals surface area contributed by atoms with Crippen molar-refractivity contribution in [1.29, 1.82) is 0 Å². The summed E-state index contributed by atoms with van der Waals surface area (Å²) in [5, 5.41) is 3.92. The lowest BCUT2D eigenvalue weighted by Crippen LogP contribution is -2.04. The molecular formula is C15H12O4S2. The van der Waals surface area contributed by atoms with E-state index in [0.717, 1.165) is 21.4 Å². The van der Waals surface area contributed by atoms with E-state index < -0.39 is 0 Å². The quantitative estimate of drug-likeness (QED) is 0.518. The Morgan fingerprint density at radius 2 is 2.14 bits per heavy atom. The van der Waals surface area contributed by atoms with Gasteiger partial charge in [-0.05, 0) is 28.5 Å². The summed E-state index contributed by atoms with van der Waals surface area (Å²) < 4.78 is 11.1. The number of ketones is 1. The van der Waals surface area contributed by atoms with Gasteiger partial charge in [-0.2, -0.15) is 0 Å². The molecule has 0 amide bonds. The van der Waals surface area contributed by atoms with E-state index in [1.165, 1.54) is 18.4 Å². The number of esters is 1. The highest BCUT2D eigenvalue weighted by Gasteiger charge is 2.15. The molecule has 0 spiro atoms. The van der Waals surface area contributed by atoms with E-state index in [1.54, 1.807) is 17.6 Å². The van der Waals surface area contributed by atoms with Crippen LogP contribution in [0.25, 0.3) is 21.4 Å². The number of furan rings is 1. The molecule has 0 fully saturated rings. The molecule has 0 aliphatic rings. The molecule has 0 aliphatic carbocycles. The fourth-order valence-electron chi connectivity index (χ4n) is 2.03. The number of carbonyl (C=O) groups is 2. The summed E-state index contributed by atoms with van der Waals surface area (Å²) in [5.41, 5.74) is 2.84. The number of hydrogen-bond acceptors (Lipinski definition) is 6. The van der Waals surface area contributed by atoms with Gasteiger partial charge in [-0.3, -0.25) is 9.59 Å². The highest BCUT2D eigenvalue weighted by Crippen LogP contribution is 2.36. The molecule has 6 heteroatoms. The fraction of sp³-hybridized carbons (Fsp3) is 0.200. The second-order valence-electron chi connectivity index (χ2n) is 4.46. The molecule has 3 rings (SSSR count). The third kappa shape index (κ3) is 2.77. The molecule has 0 bridgehead atoms. The Morgan fingerprint density at radius 3 is 2.95 bits per heavy atom.